The van der Waals surface area contributed by atoms with Crippen molar-refractivity contribution in [3.05, 3.63) is 71.8 Å². The van der Waals surface area contributed by atoms with Gasteiger partial charge in [0.05, 0.1) is 19.8 Å². The van der Waals surface area contributed by atoms with Crippen LogP contribution in [0.4, 0.5) is 0 Å². The van der Waals surface area contributed by atoms with Crippen molar-refractivity contribution in [3.63, 3.8) is 0 Å². The Bertz CT molecular complexity index is 1020. The van der Waals surface area contributed by atoms with E-state index >= 15 is 0 Å². The fourth-order valence-electron chi connectivity index (χ4n) is 2.96. The first-order valence-electron chi connectivity index (χ1n) is 9.24. The minimum Gasteiger partial charge on any atom is -0.493 e. The highest BCUT2D eigenvalue weighted by atomic mass is 16.5. The van der Waals surface area contributed by atoms with E-state index in [1.807, 2.05) is 48.5 Å². The summed E-state index contributed by atoms with van der Waals surface area (Å²) in [6, 6.07) is 18.6. The fourth-order valence-corrected chi connectivity index (χ4v) is 2.96. The number of carbonyl (C=O) groups excluding carboxylic acids is 2. The highest BCUT2D eigenvalue weighted by Gasteiger charge is 2.11. The molecule has 6 nitrogen and oxygen atoms in total. The number of ether oxygens (including phenoxy) is 3. The predicted molar refractivity (Wildman–Crippen MR) is 110 cm³/mol. The zero-order chi connectivity index (χ0) is 20.6. The van der Waals surface area contributed by atoms with E-state index in [1.165, 1.54) is 0 Å². The number of methoxy groups -OCH3 is 2. The molecule has 29 heavy (non-hydrogen) atoms. The molecule has 0 aliphatic carbocycles. The molecule has 0 fully saturated rings. The van der Waals surface area contributed by atoms with Crippen LogP contribution in [0.25, 0.3) is 10.8 Å². The maximum absolute atomic E-state index is 12.2. The summed E-state index contributed by atoms with van der Waals surface area (Å²) in [6.45, 7) is 0.0967. The monoisotopic (exact) mass is 393 g/mol. The van der Waals surface area contributed by atoms with Crippen LogP contribution in [-0.4, -0.2) is 39.2 Å². The van der Waals surface area contributed by atoms with Crippen LogP contribution in [0.5, 0.6) is 11.5 Å². The molecule has 0 bridgehead atoms. The van der Waals surface area contributed by atoms with Crippen LogP contribution in [-0.2, 0) is 16.0 Å². The van der Waals surface area contributed by atoms with Crippen molar-refractivity contribution in [3.8, 4) is 11.5 Å². The zero-order valence-electron chi connectivity index (χ0n) is 16.4. The molecule has 0 saturated carbocycles. The average Bonchev–Trinajstić information content (AvgIpc) is 2.76. The Hall–Kier alpha value is -3.54. The van der Waals surface area contributed by atoms with Gasteiger partial charge in [-0.15, -0.1) is 0 Å². The Balaban J connectivity index is 1.46. The number of amides is 1. The minimum atomic E-state index is -0.522. The van der Waals surface area contributed by atoms with E-state index in [0.717, 1.165) is 16.3 Å². The lowest BCUT2D eigenvalue weighted by Gasteiger charge is -2.10. The summed E-state index contributed by atoms with van der Waals surface area (Å²) in [4.78, 5) is 24.2. The summed E-state index contributed by atoms with van der Waals surface area (Å²) >= 11 is 0. The van der Waals surface area contributed by atoms with Crippen molar-refractivity contribution in [2.75, 3.05) is 27.4 Å². The number of fused-ring (bicyclic) bond motifs is 1. The van der Waals surface area contributed by atoms with E-state index in [0.29, 0.717) is 30.0 Å². The molecule has 3 aromatic rings. The van der Waals surface area contributed by atoms with Gasteiger partial charge >= 0.3 is 5.97 Å². The number of hydrogen-bond donors (Lipinski definition) is 1. The number of benzene rings is 3. The van der Waals surface area contributed by atoms with Gasteiger partial charge in [-0.05, 0) is 47.0 Å². The first-order chi connectivity index (χ1) is 14.1. The van der Waals surface area contributed by atoms with Gasteiger partial charge in [-0.25, -0.2) is 4.79 Å². The molecule has 150 valence electrons. The number of esters is 1. The molecule has 0 spiro atoms. The molecule has 0 atom stereocenters. The molecule has 0 aromatic heterocycles. The van der Waals surface area contributed by atoms with Crippen molar-refractivity contribution in [2.24, 2.45) is 0 Å². The lowest BCUT2D eigenvalue weighted by atomic mass is 10.1. The van der Waals surface area contributed by atoms with Gasteiger partial charge in [0.15, 0.2) is 18.1 Å². The lowest BCUT2D eigenvalue weighted by Crippen LogP contribution is -2.30. The van der Waals surface area contributed by atoms with Gasteiger partial charge in [0, 0.05) is 6.54 Å². The molecular weight excluding hydrogens is 370 g/mol. The summed E-state index contributed by atoms with van der Waals surface area (Å²) in [5, 5.41) is 4.73. The van der Waals surface area contributed by atoms with Gasteiger partial charge in [-0.3, -0.25) is 4.79 Å². The lowest BCUT2D eigenvalue weighted by molar-refractivity contribution is -0.124. The fraction of sp³-hybridized carbons (Fsp3) is 0.217. The zero-order valence-corrected chi connectivity index (χ0v) is 16.4. The third kappa shape index (κ3) is 5.25. The first kappa shape index (κ1) is 20.2. The van der Waals surface area contributed by atoms with E-state index in [4.69, 9.17) is 14.2 Å². The van der Waals surface area contributed by atoms with Crippen LogP contribution in [0.15, 0.2) is 60.7 Å². The molecule has 0 radical (unpaired) electrons. The normalized spacial score (nSPS) is 10.4. The quantitative estimate of drug-likeness (QED) is 0.594. The molecule has 3 aromatic carbocycles. The molecule has 0 saturated heterocycles. The Morgan fingerprint density at radius 1 is 0.862 bits per heavy atom. The van der Waals surface area contributed by atoms with E-state index in [9.17, 15) is 9.59 Å². The molecule has 3 rings (SSSR count). The maximum Gasteiger partial charge on any atom is 0.338 e. The Morgan fingerprint density at radius 3 is 2.38 bits per heavy atom. The first-order valence-corrected chi connectivity index (χ1v) is 9.24. The molecule has 0 aliphatic heterocycles. The standard InChI is InChI=1S/C23H23NO5/c1-27-20-10-7-16(13-21(20)28-2)11-12-24-22(25)15-29-23(26)19-9-8-17-5-3-4-6-18(17)14-19/h3-10,13-14H,11-12,15H2,1-2H3,(H,24,25). The third-order valence-electron chi connectivity index (χ3n) is 4.50. The topological polar surface area (TPSA) is 73.9 Å². The van der Waals surface area contributed by atoms with E-state index in [2.05, 4.69) is 5.32 Å². The second-order valence-electron chi connectivity index (χ2n) is 6.43. The number of rotatable bonds is 8. The van der Waals surface area contributed by atoms with Crippen LogP contribution in [0.2, 0.25) is 0 Å². The van der Waals surface area contributed by atoms with Crippen molar-refractivity contribution < 1.29 is 23.8 Å². The number of nitrogens with one attached hydrogen (secondary N) is 1. The third-order valence-corrected chi connectivity index (χ3v) is 4.50. The average molecular weight is 393 g/mol. The van der Waals surface area contributed by atoms with Gasteiger partial charge < -0.3 is 19.5 Å². The van der Waals surface area contributed by atoms with Crippen LogP contribution in [0.1, 0.15) is 15.9 Å². The molecule has 1 N–H and O–H groups in total. The largest absolute Gasteiger partial charge is 0.493 e. The SMILES string of the molecule is COc1ccc(CCNC(=O)COC(=O)c2ccc3ccccc3c2)cc1OC. The molecule has 1 amide bonds. The molecule has 6 heteroatoms. The Kier molecular flexibility index (Phi) is 6.68. The van der Waals surface area contributed by atoms with Gasteiger partial charge in [0.2, 0.25) is 0 Å². The van der Waals surface area contributed by atoms with Crippen molar-refractivity contribution >= 4 is 22.6 Å². The summed E-state index contributed by atoms with van der Waals surface area (Å²) in [5.41, 5.74) is 1.41. The summed E-state index contributed by atoms with van der Waals surface area (Å²) < 4.78 is 15.6. The molecular formula is C23H23NO5. The summed E-state index contributed by atoms with van der Waals surface area (Å²) in [6.07, 6.45) is 0.616. The molecule has 0 unspecified atom stereocenters. The highest BCUT2D eigenvalue weighted by molar-refractivity contribution is 5.96. The smallest absolute Gasteiger partial charge is 0.338 e. The van der Waals surface area contributed by atoms with Gasteiger partial charge in [0.1, 0.15) is 0 Å². The van der Waals surface area contributed by atoms with E-state index in [1.54, 1.807) is 26.4 Å². The number of hydrogen-bond acceptors (Lipinski definition) is 5. The second kappa shape index (κ2) is 9.59. The van der Waals surface area contributed by atoms with Gasteiger partial charge in [0.25, 0.3) is 5.91 Å². The predicted octanol–water partition coefficient (Wildman–Crippen LogP) is 3.37. The number of carbonyl (C=O) groups is 2. The second-order valence-corrected chi connectivity index (χ2v) is 6.43. The van der Waals surface area contributed by atoms with Crippen molar-refractivity contribution in [1.29, 1.82) is 0 Å². The highest BCUT2D eigenvalue weighted by Crippen LogP contribution is 2.27. The van der Waals surface area contributed by atoms with Crippen LogP contribution < -0.4 is 14.8 Å². The van der Waals surface area contributed by atoms with E-state index < -0.39 is 5.97 Å². The Morgan fingerprint density at radius 2 is 1.62 bits per heavy atom. The van der Waals surface area contributed by atoms with Crippen LogP contribution >= 0.6 is 0 Å². The minimum absolute atomic E-state index is 0.322. The van der Waals surface area contributed by atoms with Gasteiger partial charge in [-0.2, -0.15) is 0 Å². The molecule has 0 heterocycles. The maximum atomic E-state index is 12.2. The summed E-state index contributed by atoms with van der Waals surface area (Å²) in [7, 11) is 3.16. The van der Waals surface area contributed by atoms with E-state index in [-0.39, 0.29) is 12.5 Å². The van der Waals surface area contributed by atoms with Crippen molar-refractivity contribution in [2.45, 2.75) is 6.42 Å². The van der Waals surface area contributed by atoms with Crippen LogP contribution in [0, 0.1) is 0 Å². The Labute approximate surface area is 169 Å². The summed E-state index contributed by atoms with van der Waals surface area (Å²) in [5.74, 6) is 0.423. The van der Waals surface area contributed by atoms with Crippen molar-refractivity contribution in [1.82, 2.24) is 5.32 Å². The molecule has 0 aliphatic rings. The van der Waals surface area contributed by atoms with Gasteiger partial charge in [-0.1, -0.05) is 36.4 Å². The van der Waals surface area contributed by atoms with Crippen LogP contribution in [0.3, 0.4) is 0 Å².